The third-order valence-corrected chi connectivity index (χ3v) is 3.06. The second-order valence-electron chi connectivity index (χ2n) is 4.49. The van der Waals surface area contributed by atoms with Gasteiger partial charge in [0.05, 0.1) is 21.3 Å². The van der Waals surface area contributed by atoms with Crippen molar-refractivity contribution in [1.82, 2.24) is 10.6 Å². The van der Waals surface area contributed by atoms with Crippen molar-refractivity contribution in [2.45, 2.75) is 12.8 Å². The zero-order chi connectivity index (χ0) is 15.7. The highest BCUT2D eigenvalue weighted by atomic mass is 16.5. The summed E-state index contributed by atoms with van der Waals surface area (Å²) in [6.07, 6.45) is 1.03. The van der Waals surface area contributed by atoms with Crippen molar-refractivity contribution >= 4 is 5.91 Å². The number of aryl methyl sites for hydroxylation is 1. The largest absolute Gasteiger partial charge is 0.493 e. The minimum Gasteiger partial charge on any atom is -0.493 e. The van der Waals surface area contributed by atoms with Gasteiger partial charge in [-0.2, -0.15) is 0 Å². The number of hydrogen-bond donors (Lipinski definition) is 2. The highest BCUT2D eigenvalue weighted by Gasteiger charge is 2.13. The molecule has 0 fully saturated rings. The summed E-state index contributed by atoms with van der Waals surface area (Å²) in [5.74, 6) is 1.78. The van der Waals surface area contributed by atoms with E-state index >= 15 is 0 Å². The van der Waals surface area contributed by atoms with Crippen LogP contribution in [-0.4, -0.2) is 47.4 Å². The van der Waals surface area contributed by atoms with Gasteiger partial charge in [-0.25, -0.2) is 0 Å². The van der Waals surface area contributed by atoms with Crippen LogP contribution in [0, 0.1) is 0 Å². The molecule has 0 atom stereocenters. The molecule has 0 aromatic heterocycles. The summed E-state index contributed by atoms with van der Waals surface area (Å²) >= 11 is 0. The fraction of sp³-hybridized carbons (Fsp3) is 0.533. The third-order valence-electron chi connectivity index (χ3n) is 3.06. The van der Waals surface area contributed by atoms with Gasteiger partial charge in [0.2, 0.25) is 11.7 Å². The van der Waals surface area contributed by atoms with E-state index in [1.54, 1.807) is 21.3 Å². The number of hydrogen-bond acceptors (Lipinski definition) is 5. The SMILES string of the molecule is CNCCNC(=O)CCc1cc(OC)c(OC)c(OC)c1. The standard InChI is InChI=1S/C15H24N2O4/c1-16-7-8-17-14(18)6-5-11-9-12(19-2)15(21-4)13(10-11)20-3/h9-10,16H,5-8H2,1-4H3,(H,17,18). The average Bonchev–Trinajstić information content (AvgIpc) is 2.51. The molecule has 1 rings (SSSR count). The zero-order valence-electron chi connectivity index (χ0n) is 13.1. The molecule has 21 heavy (non-hydrogen) atoms. The number of rotatable bonds is 9. The topological polar surface area (TPSA) is 68.8 Å². The minimum atomic E-state index is 0.0269. The van der Waals surface area contributed by atoms with Gasteiger partial charge in [-0.3, -0.25) is 4.79 Å². The fourth-order valence-electron chi connectivity index (χ4n) is 1.95. The summed E-state index contributed by atoms with van der Waals surface area (Å²) in [4.78, 5) is 11.7. The van der Waals surface area contributed by atoms with E-state index in [2.05, 4.69) is 10.6 Å². The molecule has 6 nitrogen and oxygen atoms in total. The van der Waals surface area contributed by atoms with Crippen molar-refractivity contribution in [2.24, 2.45) is 0 Å². The van der Waals surface area contributed by atoms with Crippen molar-refractivity contribution < 1.29 is 19.0 Å². The molecule has 1 aromatic rings. The Kier molecular flexibility index (Phi) is 7.39. The predicted molar refractivity (Wildman–Crippen MR) is 81.4 cm³/mol. The predicted octanol–water partition coefficient (Wildman–Crippen LogP) is 0.981. The summed E-state index contributed by atoms with van der Waals surface area (Å²) in [5, 5.41) is 5.82. The summed E-state index contributed by atoms with van der Waals surface area (Å²) < 4.78 is 15.9. The normalized spacial score (nSPS) is 10.1. The minimum absolute atomic E-state index is 0.0269. The molecule has 0 heterocycles. The second kappa shape index (κ2) is 9.07. The van der Waals surface area contributed by atoms with Gasteiger partial charge >= 0.3 is 0 Å². The van der Waals surface area contributed by atoms with E-state index in [4.69, 9.17) is 14.2 Å². The first-order valence-corrected chi connectivity index (χ1v) is 6.86. The quantitative estimate of drug-likeness (QED) is 0.665. The van der Waals surface area contributed by atoms with Gasteiger partial charge in [0.1, 0.15) is 0 Å². The Morgan fingerprint density at radius 1 is 1.05 bits per heavy atom. The van der Waals surface area contributed by atoms with Crippen LogP contribution in [0.5, 0.6) is 17.2 Å². The molecule has 118 valence electrons. The van der Waals surface area contributed by atoms with Crippen LogP contribution >= 0.6 is 0 Å². The molecule has 0 aliphatic heterocycles. The van der Waals surface area contributed by atoms with E-state index in [0.29, 0.717) is 36.6 Å². The highest BCUT2D eigenvalue weighted by molar-refractivity contribution is 5.76. The van der Waals surface area contributed by atoms with Gasteiger partial charge in [-0.05, 0) is 31.2 Å². The molecule has 1 amide bonds. The summed E-state index contributed by atoms with van der Waals surface area (Å²) in [5.41, 5.74) is 0.966. The van der Waals surface area contributed by atoms with Crippen LogP contribution in [-0.2, 0) is 11.2 Å². The molecule has 1 aromatic carbocycles. The van der Waals surface area contributed by atoms with Crippen LogP contribution in [0.25, 0.3) is 0 Å². The number of methoxy groups -OCH3 is 3. The van der Waals surface area contributed by atoms with Gasteiger partial charge in [0.15, 0.2) is 11.5 Å². The first-order chi connectivity index (χ1) is 10.2. The first kappa shape index (κ1) is 17.1. The molecular formula is C15H24N2O4. The lowest BCUT2D eigenvalue weighted by Gasteiger charge is -2.14. The molecule has 0 bridgehead atoms. The molecule has 0 saturated carbocycles. The lowest BCUT2D eigenvalue weighted by Crippen LogP contribution is -2.30. The molecule has 0 saturated heterocycles. The maximum absolute atomic E-state index is 11.7. The average molecular weight is 296 g/mol. The Balaban J connectivity index is 2.69. The van der Waals surface area contributed by atoms with Gasteiger partial charge < -0.3 is 24.8 Å². The van der Waals surface area contributed by atoms with Gasteiger partial charge in [-0.15, -0.1) is 0 Å². The molecule has 0 unspecified atom stereocenters. The van der Waals surface area contributed by atoms with E-state index in [1.807, 2.05) is 19.2 Å². The van der Waals surface area contributed by atoms with Crippen LogP contribution in [0.2, 0.25) is 0 Å². The first-order valence-electron chi connectivity index (χ1n) is 6.86. The fourth-order valence-corrected chi connectivity index (χ4v) is 1.95. The van der Waals surface area contributed by atoms with Gasteiger partial charge in [0, 0.05) is 19.5 Å². The number of likely N-dealkylation sites (N-methyl/N-ethyl adjacent to an activating group) is 1. The second-order valence-corrected chi connectivity index (χ2v) is 4.49. The number of nitrogens with one attached hydrogen (secondary N) is 2. The summed E-state index contributed by atoms with van der Waals surface area (Å²) in [6.45, 7) is 1.39. The Morgan fingerprint density at radius 3 is 2.14 bits per heavy atom. The van der Waals surface area contributed by atoms with Gasteiger partial charge in [0.25, 0.3) is 0 Å². The highest BCUT2D eigenvalue weighted by Crippen LogP contribution is 2.38. The van der Waals surface area contributed by atoms with E-state index in [-0.39, 0.29) is 5.91 Å². The van der Waals surface area contributed by atoms with Crippen LogP contribution in [0.3, 0.4) is 0 Å². The lowest BCUT2D eigenvalue weighted by molar-refractivity contribution is -0.121. The number of carbonyl (C=O) groups is 1. The van der Waals surface area contributed by atoms with E-state index in [1.165, 1.54) is 0 Å². The zero-order valence-corrected chi connectivity index (χ0v) is 13.1. The van der Waals surface area contributed by atoms with Crippen molar-refractivity contribution in [2.75, 3.05) is 41.5 Å². The molecular weight excluding hydrogens is 272 g/mol. The summed E-state index contributed by atoms with van der Waals surface area (Å²) in [7, 11) is 6.56. The number of benzene rings is 1. The summed E-state index contributed by atoms with van der Waals surface area (Å²) in [6, 6.07) is 3.73. The Labute approximate surface area is 125 Å². The van der Waals surface area contributed by atoms with Crippen LogP contribution in [0.15, 0.2) is 12.1 Å². The van der Waals surface area contributed by atoms with Crippen molar-refractivity contribution in [3.05, 3.63) is 17.7 Å². The van der Waals surface area contributed by atoms with Crippen LogP contribution in [0.4, 0.5) is 0 Å². The monoisotopic (exact) mass is 296 g/mol. The van der Waals surface area contributed by atoms with Crippen molar-refractivity contribution in [3.63, 3.8) is 0 Å². The lowest BCUT2D eigenvalue weighted by atomic mass is 10.1. The molecule has 0 spiro atoms. The number of ether oxygens (including phenoxy) is 3. The molecule has 2 N–H and O–H groups in total. The third kappa shape index (κ3) is 5.15. The Hall–Kier alpha value is -1.95. The maximum atomic E-state index is 11.7. The molecule has 0 aliphatic carbocycles. The Bertz CT molecular complexity index is 438. The van der Waals surface area contributed by atoms with Crippen LogP contribution < -0.4 is 24.8 Å². The van der Waals surface area contributed by atoms with E-state index in [9.17, 15) is 4.79 Å². The smallest absolute Gasteiger partial charge is 0.220 e. The Morgan fingerprint density at radius 2 is 1.67 bits per heavy atom. The van der Waals surface area contributed by atoms with Crippen molar-refractivity contribution in [3.8, 4) is 17.2 Å². The molecule has 6 heteroatoms. The van der Waals surface area contributed by atoms with Crippen LogP contribution in [0.1, 0.15) is 12.0 Å². The number of amides is 1. The maximum Gasteiger partial charge on any atom is 0.220 e. The van der Waals surface area contributed by atoms with E-state index in [0.717, 1.165) is 12.1 Å². The van der Waals surface area contributed by atoms with Gasteiger partial charge in [-0.1, -0.05) is 0 Å². The molecule has 0 radical (unpaired) electrons. The number of carbonyl (C=O) groups excluding carboxylic acids is 1. The van der Waals surface area contributed by atoms with E-state index < -0.39 is 0 Å². The molecule has 0 aliphatic rings. The van der Waals surface area contributed by atoms with Crippen molar-refractivity contribution in [1.29, 1.82) is 0 Å².